The van der Waals surface area contributed by atoms with E-state index >= 15 is 0 Å². The Morgan fingerprint density at radius 2 is 1.71 bits per heavy atom. The Hall–Kier alpha value is -3.36. The van der Waals surface area contributed by atoms with Gasteiger partial charge in [-0.25, -0.2) is 15.0 Å². The second-order valence-electron chi connectivity index (χ2n) is 7.08. The quantitative estimate of drug-likeness (QED) is 0.523. The summed E-state index contributed by atoms with van der Waals surface area (Å²) in [5.74, 6) is 3.47. The zero-order valence-corrected chi connectivity index (χ0v) is 16.2. The van der Waals surface area contributed by atoms with Crippen LogP contribution in [-0.4, -0.2) is 60.7 Å². The molecule has 5 heterocycles. The topological polar surface area (TPSA) is 88.2 Å². The first-order valence-corrected chi connectivity index (χ1v) is 9.37. The molecule has 0 unspecified atom stereocenters. The number of rotatable bonds is 2. The molecule has 0 bridgehead atoms. The van der Waals surface area contributed by atoms with E-state index in [1.54, 1.807) is 18.7 Å². The van der Waals surface area contributed by atoms with Crippen LogP contribution in [0.15, 0.2) is 24.8 Å². The van der Waals surface area contributed by atoms with Crippen molar-refractivity contribution >= 4 is 28.3 Å². The molecular weight excluding hydrogens is 354 g/mol. The summed E-state index contributed by atoms with van der Waals surface area (Å²) in [6.45, 7) is 9.52. The normalized spacial score (nSPS) is 15.0. The van der Waals surface area contributed by atoms with E-state index in [1.165, 1.54) is 0 Å². The molecule has 1 aliphatic heterocycles. The molecule has 1 aliphatic rings. The van der Waals surface area contributed by atoms with Crippen molar-refractivity contribution in [2.45, 2.75) is 20.8 Å². The van der Waals surface area contributed by atoms with Crippen LogP contribution >= 0.6 is 0 Å². The smallest absolute Gasteiger partial charge is 0.254 e. The van der Waals surface area contributed by atoms with Gasteiger partial charge in [-0.05, 0) is 26.8 Å². The summed E-state index contributed by atoms with van der Waals surface area (Å²) in [7, 11) is 0. The van der Waals surface area contributed by atoms with Gasteiger partial charge < -0.3 is 9.80 Å². The van der Waals surface area contributed by atoms with Crippen molar-refractivity contribution in [3.05, 3.63) is 41.9 Å². The van der Waals surface area contributed by atoms with Crippen molar-refractivity contribution < 1.29 is 0 Å². The van der Waals surface area contributed by atoms with Crippen LogP contribution in [-0.2, 0) is 0 Å². The van der Waals surface area contributed by atoms with Crippen LogP contribution in [0, 0.1) is 20.8 Å². The molecule has 0 atom stereocenters. The third-order valence-electron chi connectivity index (χ3n) is 5.35. The van der Waals surface area contributed by atoms with E-state index in [0.29, 0.717) is 5.78 Å². The molecule has 142 valence electrons. The first kappa shape index (κ1) is 16.8. The van der Waals surface area contributed by atoms with E-state index in [4.69, 9.17) is 4.98 Å². The van der Waals surface area contributed by atoms with Crippen LogP contribution in [0.25, 0.3) is 16.7 Å². The lowest BCUT2D eigenvalue weighted by atomic mass is 10.2. The number of hydrogen-bond donors (Lipinski definition) is 0. The van der Waals surface area contributed by atoms with Crippen molar-refractivity contribution in [1.82, 2.24) is 34.5 Å². The van der Waals surface area contributed by atoms with E-state index in [1.807, 2.05) is 24.4 Å². The van der Waals surface area contributed by atoms with Gasteiger partial charge >= 0.3 is 0 Å². The number of hydrogen-bond acceptors (Lipinski definition) is 8. The molecule has 4 aromatic rings. The van der Waals surface area contributed by atoms with Gasteiger partial charge in [-0.1, -0.05) is 0 Å². The molecule has 1 saturated heterocycles. The van der Waals surface area contributed by atoms with Crippen LogP contribution in [0.3, 0.4) is 0 Å². The molecule has 9 nitrogen and oxygen atoms in total. The van der Waals surface area contributed by atoms with E-state index in [2.05, 4.69) is 41.8 Å². The summed E-state index contributed by atoms with van der Waals surface area (Å²) >= 11 is 0. The molecule has 0 aromatic carbocycles. The highest BCUT2D eigenvalue weighted by atomic mass is 15.4. The molecular formula is C19H21N9. The number of anilines is 2. The first-order valence-electron chi connectivity index (χ1n) is 9.37. The second kappa shape index (κ2) is 6.36. The van der Waals surface area contributed by atoms with Gasteiger partial charge in [0.05, 0.1) is 11.7 Å². The number of aromatic nitrogens is 7. The lowest BCUT2D eigenvalue weighted by molar-refractivity contribution is 0.631. The van der Waals surface area contributed by atoms with E-state index < -0.39 is 0 Å². The van der Waals surface area contributed by atoms with Gasteiger partial charge in [0.15, 0.2) is 0 Å². The van der Waals surface area contributed by atoms with Crippen LogP contribution in [0.4, 0.5) is 11.6 Å². The predicted octanol–water partition coefficient (Wildman–Crippen LogP) is 1.71. The fourth-order valence-electron chi connectivity index (χ4n) is 3.83. The minimum Gasteiger partial charge on any atom is -0.353 e. The Morgan fingerprint density at radius 3 is 2.54 bits per heavy atom. The molecule has 0 N–H and O–H groups in total. The third kappa shape index (κ3) is 2.62. The molecule has 28 heavy (non-hydrogen) atoms. The van der Waals surface area contributed by atoms with Crippen molar-refractivity contribution in [2.24, 2.45) is 0 Å². The molecule has 0 saturated carbocycles. The van der Waals surface area contributed by atoms with Crippen molar-refractivity contribution in [3.63, 3.8) is 0 Å². The largest absolute Gasteiger partial charge is 0.353 e. The first-order chi connectivity index (χ1) is 13.6. The summed E-state index contributed by atoms with van der Waals surface area (Å²) in [6, 6.07) is 1.99. The standard InChI is InChI=1S/C19H21N9/c1-12-13(2)23-19-21-11-22-28(19)18(12)27-8-6-26(7-9-27)17-15-4-5-20-10-16(15)24-14(3)25-17/h4-5,10-11H,6-9H2,1-3H3. The summed E-state index contributed by atoms with van der Waals surface area (Å²) < 4.78 is 1.84. The van der Waals surface area contributed by atoms with Crippen molar-refractivity contribution in [2.75, 3.05) is 36.0 Å². The minimum atomic E-state index is 0.644. The van der Waals surface area contributed by atoms with Crippen LogP contribution in [0.5, 0.6) is 0 Å². The number of fused-ring (bicyclic) bond motifs is 2. The fraction of sp³-hybridized carbons (Fsp3) is 0.368. The molecule has 5 rings (SSSR count). The monoisotopic (exact) mass is 375 g/mol. The Morgan fingerprint density at radius 1 is 0.929 bits per heavy atom. The molecule has 0 amide bonds. The molecule has 4 aromatic heterocycles. The SMILES string of the molecule is Cc1nc(N2CCN(c3c(C)c(C)nc4ncnn34)CC2)c2ccncc2n1. The highest BCUT2D eigenvalue weighted by molar-refractivity contribution is 5.89. The zero-order chi connectivity index (χ0) is 19.3. The Kier molecular flexibility index (Phi) is 3.81. The summed E-state index contributed by atoms with van der Waals surface area (Å²) in [4.78, 5) is 26.9. The molecule has 0 spiro atoms. The Balaban J connectivity index is 1.47. The van der Waals surface area contributed by atoms with E-state index in [-0.39, 0.29) is 0 Å². The maximum absolute atomic E-state index is 4.73. The number of piperazine rings is 1. The van der Waals surface area contributed by atoms with Gasteiger partial charge in [-0.3, -0.25) is 4.98 Å². The molecule has 0 radical (unpaired) electrons. The highest BCUT2D eigenvalue weighted by Crippen LogP contribution is 2.27. The van der Waals surface area contributed by atoms with Gasteiger partial charge in [-0.15, -0.1) is 0 Å². The predicted molar refractivity (Wildman–Crippen MR) is 107 cm³/mol. The van der Waals surface area contributed by atoms with E-state index in [0.717, 1.165) is 65.8 Å². The number of aryl methyl sites for hydroxylation is 2. The highest BCUT2D eigenvalue weighted by Gasteiger charge is 2.24. The lowest BCUT2D eigenvalue weighted by Crippen LogP contribution is -2.48. The second-order valence-corrected chi connectivity index (χ2v) is 7.08. The summed E-state index contributed by atoms with van der Waals surface area (Å²) in [5, 5.41) is 5.43. The lowest BCUT2D eigenvalue weighted by Gasteiger charge is -2.37. The Bertz CT molecular complexity index is 1170. The van der Waals surface area contributed by atoms with Gasteiger partial charge in [-0.2, -0.15) is 14.6 Å². The summed E-state index contributed by atoms with van der Waals surface area (Å²) in [6.07, 6.45) is 5.16. The number of nitrogens with zero attached hydrogens (tertiary/aromatic N) is 9. The zero-order valence-electron chi connectivity index (χ0n) is 16.2. The minimum absolute atomic E-state index is 0.644. The van der Waals surface area contributed by atoms with Gasteiger partial charge in [0.1, 0.15) is 23.8 Å². The Labute approximate surface area is 162 Å². The van der Waals surface area contributed by atoms with Gasteiger partial charge in [0.25, 0.3) is 5.78 Å². The molecule has 1 fully saturated rings. The number of pyridine rings is 1. The molecule has 0 aliphatic carbocycles. The maximum atomic E-state index is 4.73. The average molecular weight is 375 g/mol. The average Bonchev–Trinajstić information content (AvgIpc) is 3.16. The molecule has 9 heteroatoms. The van der Waals surface area contributed by atoms with Gasteiger partial charge in [0.2, 0.25) is 0 Å². The van der Waals surface area contributed by atoms with E-state index in [9.17, 15) is 0 Å². The fourth-order valence-corrected chi connectivity index (χ4v) is 3.83. The van der Waals surface area contributed by atoms with Crippen molar-refractivity contribution in [3.8, 4) is 0 Å². The maximum Gasteiger partial charge on any atom is 0.254 e. The van der Waals surface area contributed by atoms with Crippen LogP contribution in [0.1, 0.15) is 17.1 Å². The summed E-state index contributed by atoms with van der Waals surface area (Å²) in [5.41, 5.74) is 3.01. The van der Waals surface area contributed by atoms with Crippen LogP contribution in [0.2, 0.25) is 0 Å². The van der Waals surface area contributed by atoms with Gasteiger partial charge in [0, 0.05) is 49.0 Å². The van der Waals surface area contributed by atoms with Crippen molar-refractivity contribution in [1.29, 1.82) is 0 Å². The van der Waals surface area contributed by atoms with Crippen LogP contribution < -0.4 is 9.80 Å². The third-order valence-corrected chi connectivity index (χ3v) is 5.35.